The normalized spacial score (nSPS) is 13.8. The first kappa shape index (κ1) is 21.6. The van der Waals surface area contributed by atoms with Crippen LogP contribution in [0.3, 0.4) is 0 Å². The predicted molar refractivity (Wildman–Crippen MR) is 118 cm³/mol. The molecule has 8 nitrogen and oxygen atoms in total. The zero-order valence-electron chi connectivity index (χ0n) is 17.5. The number of likely N-dealkylation sites (tertiary alicyclic amines) is 1. The van der Waals surface area contributed by atoms with E-state index in [1.165, 1.54) is 17.4 Å². The van der Waals surface area contributed by atoms with Gasteiger partial charge in [-0.15, -0.1) is 0 Å². The van der Waals surface area contributed by atoms with Crippen LogP contribution >= 0.6 is 0 Å². The molecular weight excluding hydrogens is 382 g/mol. The number of carbonyl (C=O) groups is 2. The van der Waals surface area contributed by atoms with E-state index in [-0.39, 0.29) is 18.1 Å². The summed E-state index contributed by atoms with van der Waals surface area (Å²) < 4.78 is 1.37. The molecule has 3 rings (SSSR count). The first-order valence-electron chi connectivity index (χ1n) is 10.3. The zero-order valence-corrected chi connectivity index (χ0v) is 17.5. The fourth-order valence-electron chi connectivity index (χ4n) is 3.44. The van der Waals surface area contributed by atoms with Crippen LogP contribution in [0.1, 0.15) is 24.1 Å². The highest BCUT2D eigenvalue weighted by molar-refractivity contribution is 5.99. The molecule has 1 saturated heterocycles. The second kappa shape index (κ2) is 10.1. The smallest absolute Gasteiger partial charge is 0.323 e. The molecule has 1 aromatic carbocycles. The van der Waals surface area contributed by atoms with Gasteiger partial charge in [-0.05, 0) is 64.0 Å². The fourth-order valence-corrected chi connectivity index (χ4v) is 3.44. The van der Waals surface area contributed by atoms with Gasteiger partial charge in [0.05, 0.1) is 0 Å². The van der Waals surface area contributed by atoms with E-state index < -0.39 is 11.6 Å². The Morgan fingerprint density at radius 3 is 2.37 bits per heavy atom. The van der Waals surface area contributed by atoms with Crippen molar-refractivity contribution in [2.75, 3.05) is 36.8 Å². The summed E-state index contributed by atoms with van der Waals surface area (Å²) in [5.41, 5.74) is 2.07. The monoisotopic (exact) mass is 411 g/mol. The highest BCUT2D eigenvalue weighted by Crippen LogP contribution is 2.10. The van der Waals surface area contributed by atoms with Crippen LogP contribution in [0.2, 0.25) is 0 Å². The third-order valence-corrected chi connectivity index (χ3v) is 5.20. The first-order chi connectivity index (χ1) is 14.4. The molecule has 3 amide bonds. The number of amides is 3. The number of urea groups is 1. The quantitative estimate of drug-likeness (QED) is 0.652. The highest BCUT2D eigenvalue weighted by Gasteiger charge is 2.14. The van der Waals surface area contributed by atoms with E-state index in [0.717, 1.165) is 25.2 Å². The number of nitrogens with one attached hydrogen (secondary N) is 3. The number of anilines is 2. The minimum Gasteiger partial charge on any atom is -0.353 e. The van der Waals surface area contributed by atoms with E-state index in [9.17, 15) is 14.4 Å². The molecule has 1 aliphatic heterocycles. The molecule has 0 unspecified atom stereocenters. The summed E-state index contributed by atoms with van der Waals surface area (Å²) in [5.74, 6) is -0.222. The van der Waals surface area contributed by atoms with Crippen LogP contribution in [0.25, 0.3) is 0 Å². The van der Waals surface area contributed by atoms with Gasteiger partial charge in [-0.25, -0.2) is 4.79 Å². The largest absolute Gasteiger partial charge is 0.353 e. The molecule has 1 aliphatic rings. The maximum Gasteiger partial charge on any atom is 0.323 e. The maximum absolute atomic E-state index is 12.8. The van der Waals surface area contributed by atoms with Gasteiger partial charge in [0.15, 0.2) is 0 Å². The van der Waals surface area contributed by atoms with Crippen molar-refractivity contribution in [1.29, 1.82) is 0 Å². The second-order valence-electron chi connectivity index (χ2n) is 7.62. The van der Waals surface area contributed by atoms with Crippen molar-refractivity contribution in [1.82, 2.24) is 14.8 Å². The Morgan fingerprint density at radius 2 is 1.67 bits per heavy atom. The average Bonchev–Trinajstić information content (AvgIpc) is 3.23. The summed E-state index contributed by atoms with van der Waals surface area (Å²) in [7, 11) is 0. The molecule has 0 radical (unpaired) electrons. The number of hydrogen-bond acceptors (Lipinski definition) is 4. The lowest BCUT2D eigenvalue weighted by molar-refractivity contribution is -0.121. The lowest BCUT2D eigenvalue weighted by Crippen LogP contribution is -2.38. The van der Waals surface area contributed by atoms with Crippen molar-refractivity contribution in [2.45, 2.75) is 33.2 Å². The predicted octanol–water partition coefficient (Wildman–Crippen LogP) is 2.32. The van der Waals surface area contributed by atoms with Crippen LogP contribution in [0.15, 0.2) is 41.2 Å². The molecule has 0 spiro atoms. The van der Waals surface area contributed by atoms with Gasteiger partial charge in [0.2, 0.25) is 5.91 Å². The van der Waals surface area contributed by atoms with Crippen LogP contribution in [0, 0.1) is 13.8 Å². The molecule has 30 heavy (non-hydrogen) atoms. The fraction of sp³-hybridized carbons (Fsp3) is 0.409. The number of benzene rings is 1. The molecule has 0 atom stereocenters. The van der Waals surface area contributed by atoms with Crippen molar-refractivity contribution in [2.24, 2.45) is 0 Å². The second-order valence-corrected chi connectivity index (χ2v) is 7.62. The van der Waals surface area contributed by atoms with E-state index in [2.05, 4.69) is 20.9 Å². The number of hydrogen-bond donors (Lipinski definition) is 3. The summed E-state index contributed by atoms with van der Waals surface area (Å²) in [6, 6.07) is 10.1. The Morgan fingerprint density at radius 1 is 0.967 bits per heavy atom. The van der Waals surface area contributed by atoms with E-state index in [0.29, 0.717) is 17.9 Å². The van der Waals surface area contributed by atoms with Gasteiger partial charge in [-0.3, -0.25) is 9.59 Å². The Hall–Kier alpha value is -3.13. The van der Waals surface area contributed by atoms with Gasteiger partial charge < -0.3 is 25.4 Å². The van der Waals surface area contributed by atoms with Crippen LogP contribution < -0.4 is 21.5 Å². The topological polar surface area (TPSA) is 95.5 Å². The lowest BCUT2D eigenvalue weighted by atomic mass is 10.2. The first-order valence-corrected chi connectivity index (χ1v) is 10.3. The molecule has 1 fully saturated rings. The zero-order chi connectivity index (χ0) is 21.5. The Balaban J connectivity index is 1.58. The van der Waals surface area contributed by atoms with Gasteiger partial charge in [0.25, 0.3) is 5.56 Å². The molecule has 160 valence electrons. The van der Waals surface area contributed by atoms with Crippen molar-refractivity contribution in [3.63, 3.8) is 0 Å². The summed E-state index contributed by atoms with van der Waals surface area (Å²) in [5, 5.41) is 8.13. The summed E-state index contributed by atoms with van der Waals surface area (Å²) in [4.78, 5) is 39.6. The van der Waals surface area contributed by atoms with Gasteiger partial charge in [0, 0.05) is 24.5 Å². The molecular formula is C22H29N5O3. The standard InChI is InChI=1S/C22H29N5O3/c1-16-5-8-18(9-6-16)24-22(30)25-19-10-7-17(2)27(21(19)29)15-20(28)23-11-14-26-12-3-4-13-26/h5-10H,3-4,11-15H2,1-2H3,(H,23,28)(H2,24,25,30). The molecule has 2 aromatic rings. The number of aryl methyl sites for hydroxylation is 2. The summed E-state index contributed by atoms with van der Waals surface area (Å²) >= 11 is 0. The van der Waals surface area contributed by atoms with E-state index >= 15 is 0 Å². The Labute approximate surface area is 176 Å². The third kappa shape index (κ3) is 5.93. The number of nitrogens with zero attached hydrogens (tertiary/aromatic N) is 2. The molecule has 8 heteroatoms. The summed E-state index contributed by atoms with van der Waals surface area (Å²) in [6.45, 7) is 7.17. The van der Waals surface area contributed by atoms with Gasteiger partial charge in [-0.2, -0.15) is 0 Å². The van der Waals surface area contributed by atoms with Crippen LogP contribution in [-0.4, -0.2) is 47.6 Å². The van der Waals surface area contributed by atoms with E-state index in [1.807, 2.05) is 19.1 Å². The molecule has 0 saturated carbocycles. The number of carbonyl (C=O) groups excluding carboxylic acids is 2. The molecule has 3 N–H and O–H groups in total. The van der Waals surface area contributed by atoms with Crippen molar-refractivity contribution < 1.29 is 9.59 Å². The number of pyridine rings is 1. The number of rotatable bonds is 7. The number of aromatic nitrogens is 1. The van der Waals surface area contributed by atoms with Crippen molar-refractivity contribution in [3.05, 3.63) is 58.0 Å². The minimum atomic E-state index is -0.513. The van der Waals surface area contributed by atoms with Gasteiger partial charge >= 0.3 is 6.03 Å². The van der Waals surface area contributed by atoms with Gasteiger partial charge in [0.1, 0.15) is 12.2 Å². The lowest BCUT2D eigenvalue weighted by Gasteiger charge is -2.16. The minimum absolute atomic E-state index is 0.0836. The van der Waals surface area contributed by atoms with Gasteiger partial charge in [-0.1, -0.05) is 17.7 Å². The molecule has 1 aromatic heterocycles. The highest BCUT2D eigenvalue weighted by atomic mass is 16.2. The van der Waals surface area contributed by atoms with E-state index in [1.54, 1.807) is 31.2 Å². The Bertz CT molecular complexity index is 946. The third-order valence-electron chi connectivity index (χ3n) is 5.20. The molecule has 2 heterocycles. The maximum atomic E-state index is 12.8. The van der Waals surface area contributed by atoms with Crippen LogP contribution in [-0.2, 0) is 11.3 Å². The van der Waals surface area contributed by atoms with E-state index in [4.69, 9.17) is 0 Å². The molecule has 0 bridgehead atoms. The van der Waals surface area contributed by atoms with Crippen LogP contribution in [0.5, 0.6) is 0 Å². The van der Waals surface area contributed by atoms with Crippen LogP contribution in [0.4, 0.5) is 16.2 Å². The molecule has 0 aliphatic carbocycles. The van der Waals surface area contributed by atoms with Crippen molar-refractivity contribution in [3.8, 4) is 0 Å². The average molecular weight is 412 g/mol. The SMILES string of the molecule is Cc1ccc(NC(=O)Nc2ccc(C)n(CC(=O)NCCN3CCCC3)c2=O)cc1. The van der Waals surface area contributed by atoms with Crippen molar-refractivity contribution >= 4 is 23.3 Å². The summed E-state index contributed by atoms with van der Waals surface area (Å²) in [6.07, 6.45) is 2.42. The Kier molecular flexibility index (Phi) is 7.24.